The SMILES string of the molecule is COc1cc(C)ccc1[C@H](N)C(=O)O. The third kappa shape index (κ3) is 2.03. The van der Waals surface area contributed by atoms with Crippen molar-refractivity contribution in [2.75, 3.05) is 7.11 Å². The van der Waals surface area contributed by atoms with E-state index in [4.69, 9.17) is 15.6 Å². The minimum Gasteiger partial charge on any atom is -0.496 e. The standard InChI is InChI=1S/C10H13NO3/c1-6-3-4-7(8(5-6)14-2)9(11)10(12)13/h3-5,9H,11H2,1-2H3,(H,12,13)/t9-/m0/s1. The molecule has 1 aromatic rings. The molecule has 0 saturated heterocycles. The van der Waals surface area contributed by atoms with Gasteiger partial charge in [-0.3, -0.25) is 4.79 Å². The molecule has 4 nitrogen and oxygen atoms in total. The van der Waals surface area contributed by atoms with Crippen molar-refractivity contribution >= 4 is 5.97 Å². The summed E-state index contributed by atoms with van der Waals surface area (Å²) >= 11 is 0. The van der Waals surface area contributed by atoms with Crippen LogP contribution in [0.4, 0.5) is 0 Å². The van der Waals surface area contributed by atoms with E-state index in [9.17, 15) is 4.79 Å². The molecule has 1 rings (SSSR count). The summed E-state index contributed by atoms with van der Waals surface area (Å²) in [5.74, 6) is -0.549. The van der Waals surface area contributed by atoms with Gasteiger partial charge in [-0.15, -0.1) is 0 Å². The van der Waals surface area contributed by atoms with Crippen LogP contribution in [0.3, 0.4) is 0 Å². The highest BCUT2D eigenvalue weighted by molar-refractivity contribution is 5.76. The number of aliphatic carboxylic acids is 1. The zero-order valence-electron chi connectivity index (χ0n) is 8.15. The first-order chi connectivity index (χ1) is 6.56. The van der Waals surface area contributed by atoms with E-state index in [0.717, 1.165) is 5.56 Å². The highest BCUT2D eigenvalue weighted by Gasteiger charge is 2.18. The number of hydrogen-bond acceptors (Lipinski definition) is 3. The predicted octanol–water partition coefficient (Wildman–Crippen LogP) is 1.09. The van der Waals surface area contributed by atoms with Crippen molar-refractivity contribution in [3.05, 3.63) is 29.3 Å². The Balaban J connectivity index is 3.13. The topological polar surface area (TPSA) is 72.5 Å². The van der Waals surface area contributed by atoms with Crippen molar-refractivity contribution in [3.63, 3.8) is 0 Å². The molecule has 14 heavy (non-hydrogen) atoms. The molecular weight excluding hydrogens is 182 g/mol. The van der Waals surface area contributed by atoms with Gasteiger partial charge in [0.25, 0.3) is 0 Å². The van der Waals surface area contributed by atoms with Crippen LogP contribution in [0.2, 0.25) is 0 Å². The first-order valence-electron chi connectivity index (χ1n) is 4.19. The van der Waals surface area contributed by atoms with E-state index in [1.165, 1.54) is 7.11 Å². The molecule has 0 amide bonds. The Labute approximate surface area is 82.3 Å². The molecule has 0 aliphatic heterocycles. The Morgan fingerprint density at radius 3 is 2.71 bits per heavy atom. The number of nitrogens with two attached hydrogens (primary N) is 1. The van der Waals surface area contributed by atoms with Gasteiger partial charge in [-0.25, -0.2) is 0 Å². The third-order valence-corrected chi connectivity index (χ3v) is 1.99. The van der Waals surface area contributed by atoms with Crippen molar-refractivity contribution in [2.45, 2.75) is 13.0 Å². The van der Waals surface area contributed by atoms with Crippen LogP contribution in [0, 0.1) is 6.92 Å². The second kappa shape index (κ2) is 4.11. The monoisotopic (exact) mass is 195 g/mol. The molecule has 0 radical (unpaired) electrons. The summed E-state index contributed by atoms with van der Waals surface area (Å²) in [6.07, 6.45) is 0. The van der Waals surface area contributed by atoms with E-state index in [2.05, 4.69) is 0 Å². The highest BCUT2D eigenvalue weighted by Crippen LogP contribution is 2.24. The lowest BCUT2D eigenvalue weighted by Crippen LogP contribution is -2.21. The van der Waals surface area contributed by atoms with Crippen LogP contribution in [0.15, 0.2) is 18.2 Å². The van der Waals surface area contributed by atoms with Crippen molar-refractivity contribution in [2.24, 2.45) is 5.73 Å². The van der Waals surface area contributed by atoms with Crippen LogP contribution in [-0.2, 0) is 4.79 Å². The molecule has 1 aromatic carbocycles. The zero-order chi connectivity index (χ0) is 10.7. The smallest absolute Gasteiger partial charge is 0.325 e. The number of carboxylic acid groups (broad SMARTS) is 1. The van der Waals surface area contributed by atoms with Crippen LogP contribution in [0.1, 0.15) is 17.2 Å². The Morgan fingerprint density at radius 2 is 2.21 bits per heavy atom. The van der Waals surface area contributed by atoms with E-state index in [0.29, 0.717) is 11.3 Å². The Hall–Kier alpha value is -1.55. The summed E-state index contributed by atoms with van der Waals surface area (Å²) in [5.41, 5.74) is 6.98. The van der Waals surface area contributed by atoms with Gasteiger partial charge >= 0.3 is 5.97 Å². The van der Waals surface area contributed by atoms with E-state index in [-0.39, 0.29) is 0 Å². The molecule has 0 aliphatic rings. The fourth-order valence-electron chi connectivity index (χ4n) is 1.21. The summed E-state index contributed by atoms with van der Waals surface area (Å²) in [6, 6.07) is 4.21. The molecule has 76 valence electrons. The summed E-state index contributed by atoms with van der Waals surface area (Å²) < 4.78 is 5.05. The summed E-state index contributed by atoms with van der Waals surface area (Å²) in [5, 5.41) is 8.74. The molecule has 0 unspecified atom stereocenters. The molecule has 0 saturated carbocycles. The fraction of sp³-hybridized carbons (Fsp3) is 0.300. The maximum absolute atomic E-state index is 10.7. The molecule has 0 fully saturated rings. The van der Waals surface area contributed by atoms with Crippen LogP contribution < -0.4 is 10.5 Å². The number of methoxy groups -OCH3 is 1. The fourth-order valence-corrected chi connectivity index (χ4v) is 1.21. The predicted molar refractivity (Wildman–Crippen MR) is 52.3 cm³/mol. The molecule has 1 atom stereocenters. The molecule has 4 heteroatoms. The van der Waals surface area contributed by atoms with Gasteiger partial charge in [-0.1, -0.05) is 12.1 Å². The van der Waals surface area contributed by atoms with Crippen LogP contribution in [0.25, 0.3) is 0 Å². The second-order valence-electron chi connectivity index (χ2n) is 3.06. The molecular formula is C10H13NO3. The molecule has 0 heterocycles. The van der Waals surface area contributed by atoms with Crippen molar-refractivity contribution in [1.82, 2.24) is 0 Å². The first-order valence-corrected chi connectivity index (χ1v) is 4.19. The number of aryl methyl sites for hydroxylation is 1. The summed E-state index contributed by atoms with van der Waals surface area (Å²) in [7, 11) is 1.49. The average molecular weight is 195 g/mol. The number of carboxylic acids is 1. The minimum absolute atomic E-state index is 0.491. The van der Waals surface area contributed by atoms with Crippen LogP contribution >= 0.6 is 0 Å². The Bertz CT molecular complexity index is 349. The maximum atomic E-state index is 10.7. The first kappa shape index (κ1) is 10.5. The zero-order valence-corrected chi connectivity index (χ0v) is 8.15. The summed E-state index contributed by atoms with van der Waals surface area (Å²) in [4.78, 5) is 10.7. The largest absolute Gasteiger partial charge is 0.496 e. The lowest BCUT2D eigenvalue weighted by Gasteiger charge is -2.12. The molecule has 0 aromatic heterocycles. The van der Waals surface area contributed by atoms with Gasteiger partial charge in [-0.2, -0.15) is 0 Å². The molecule has 0 bridgehead atoms. The highest BCUT2D eigenvalue weighted by atomic mass is 16.5. The van der Waals surface area contributed by atoms with Gasteiger partial charge in [-0.05, 0) is 18.6 Å². The van der Waals surface area contributed by atoms with Gasteiger partial charge in [0.1, 0.15) is 11.8 Å². The minimum atomic E-state index is -1.06. The van der Waals surface area contributed by atoms with Gasteiger partial charge in [0, 0.05) is 5.56 Å². The Morgan fingerprint density at radius 1 is 1.57 bits per heavy atom. The van der Waals surface area contributed by atoms with Crippen molar-refractivity contribution in [3.8, 4) is 5.75 Å². The Kier molecular flexibility index (Phi) is 3.09. The lowest BCUT2D eigenvalue weighted by molar-refractivity contribution is -0.138. The lowest BCUT2D eigenvalue weighted by atomic mass is 10.0. The maximum Gasteiger partial charge on any atom is 0.325 e. The van der Waals surface area contributed by atoms with E-state index in [1.807, 2.05) is 6.92 Å². The molecule has 3 N–H and O–H groups in total. The normalized spacial score (nSPS) is 12.2. The quantitative estimate of drug-likeness (QED) is 0.757. The van der Waals surface area contributed by atoms with Gasteiger partial charge in [0.2, 0.25) is 0 Å². The van der Waals surface area contributed by atoms with Gasteiger partial charge in [0.15, 0.2) is 0 Å². The van der Waals surface area contributed by atoms with Crippen molar-refractivity contribution < 1.29 is 14.6 Å². The second-order valence-corrected chi connectivity index (χ2v) is 3.06. The van der Waals surface area contributed by atoms with Crippen LogP contribution in [-0.4, -0.2) is 18.2 Å². The molecule has 0 aliphatic carbocycles. The van der Waals surface area contributed by atoms with Crippen molar-refractivity contribution in [1.29, 1.82) is 0 Å². The number of ether oxygens (including phenoxy) is 1. The number of rotatable bonds is 3. The summed E-state index contributed by atoms with van der Waals surface area (Å²) in [6.45, 7) is 1.90. The number of hydrogen-bond donors (Lipinski definition) is 2. The van der Waals surface area contributed by atoms with Gasteiger partial charge < -0.3 is 15.6 Å². The van der Waals surface area contributed by atoms with E-state index < -0.39 is 12.0 Å². The van der Waals surface area contributed by atoms with Gasteiger partial charge in [0.05, 0.1) is 7.11 Å². The number of carbonyl (C=O) groups is 1. The van der Waals surface area contributed by atoms with Crippen LogP contribution in [0.5, 0.6) is 5.75 Å². The van der Waals surface area contributed by atoms with E-state index >= 15 is 0 Å². The molecule has 0 spiro atoms. The van der Waals surface area contributed by atoms with E-state index in [1.54, 1.807) is 18.2 Å². The average Bonchev–Trinajstić information content (AvgIpc) is 2.16. The third-order valence-electron chi connectivity index (χ3n) is 1.99. The number of benzene rings is 1.